The summed E-state index contributed by atoms with van der Waals surface area (Å²) in [5, 5.41) is 0.785. The van der Waals surface area contributed by atoms with Gasteiger partial charge in [0.25, 0.3) is 0 Å². The van der Waals surface area contributed by atoms with E-state index in [9.17, 15) is 14.4 Å². The van der Waals surface area contributed by atoms with E-state index in [1.165, 1.54) is 11.0 Å². The lowest BCUT2D eigenvalue weighted by atomic mass is 10.1. The zero-order valence-corrected chi connectivity index (χ0v) is 16.8. The topological polar surface area (TPSA) is 86.0 Å². The van der Waals surface area contributed by atoms with Gasteiger partial charge in [-0.25, -0.2) is 14.4 Å². The maximum Gasteiger partial charge on any atom is 0.411 e. The van der Waals surface area contributed by atoms with Crippen LogP contribution in [0.3, 0.4) is 0 Å². The van der Waals surface area contributed by atoms with Crippen LogP contribution in [0.5, 0.6) is 5.75 Å². The summed E-state index contributed by atoms with van der Waals surface area (Å²) in [6, 6.07) is 4.15. The summed E-state index contributed by atoms with van der Waals surface area (Å²) in [5.74, 6) is -0.219. The Labute approximate surface area is 163 Å². The van der Waals surface area contributed by atoms with Crippen molar-refractivity contribution < 1.29 is 23.5 Å². The molecule has 2 heterocycles. The number of rotatable bonds is 2. The van der Waals surface area contributed by atoms with Crippen molar-refractivity contribution in [2.24, 2.45) is 0 Å². The normalized spacial score (nSPS) is 17.0. The second-order valence-corrected chi connectivity index (χ2v) is 8.07. The van der Waals surface area contributed by atoms with Gasteiger partial charge in [-0.2, -0.15) is 0 Å². The SMILES string of the molecule is Cc1cc(=O)oc2c(C)c(OC(=O)C3CCCN3C(=O)OC(C)(C)C)ccc12. The number of carbonyl (C=O) groups is 2. The van der Waals surface area contributed by atoms with Crippen molar-refractivity contribution >= 4 is 23.0 Å². The van der Waals surface area contributed by atoms with Gasteiger partial charge in [0.1, 0.15) is 23.0 Å². The first-order valence-corrected chi connectivity index (χ1v) is 9.32. The fourth-order valence-electron chi connectivity index (χ4n) is 3.34. The molecule has 150 valence electrons. The number of amides is 1. The van der Waals surface area contributed by atoms with Crippen LogP contribution in [0.4, 0.5) is 4.79 Å². The number of nitrogens with zero attached hydrogens (tertiary/aromatic N) is 1. The molecule has 1 amide bonds. The van der Waals surface area contributed by atoms with Crippen LogP contribution in [0, 0.1) is 13.8 Å². The number of fused-ring (bicyclic) bond motifs is 1. The first kappa shape index (κ1) is 19.9. The highest BCUT2D eigenvalue weighted by Gasteiger charge is 2.38. The highest BCUT2D eigenvalue weighted by Crippen LogP contribution is 2.30. The number of aryl methyl sites for hydroxylation is 2. The molecule has 7 heteroatoms. The smallest absolute Gasteiger partial charge is 0.411 e. The van der Waals surface area contributed by atoms with E-state index in [2.05, 4.69) is 0 Å². The van der Waals surface area contributed by atoms with Crippen molar-refractivity contribution in [2.75, 3.05) is 6.54 Å². The lowest BCUT2D eigenvalue weighted by molar-refractivity contribution is -0.139. The number of hydrogen-bond acceptors (Lipinski definition) is 6. The number of ether oxygens (including phenoxy) is 2. The largest absolute Gasteiger partial charge is 0.444 e. The minimum atomic E-state index is -0.700. The first-order valence-electron chi connectivity index (χ1n) is 9.32. The van der Waals surface area contributed by atoms with E-state index in [0.717, 1.165) is 10.9 Å². The van der Waals surface area contributed by atoms with Gasteiger partial charge in [0.15, 0.2) is 0 Å². The molecule has 0 aliphatic carbocycles. The van der Waals surface area contributed by atoms with E-state index in [1.54, 1.807) is 39.8 Å². The van der Waals surface area contributed by atoms with Crippen LogP contribution in [-0.4, -0.2) is 35.2 Å². The lowest BCUT2D eigenvalue weighted by Gasteiger charge is -2.27. The molecule has 0 bridgehead atoms. The Kier molecular flexibility index (Phi) is 5.19. The minimum Gasteiger partial charge on any atom is -0.444 e. The second kappa shape index (κ2) is 7.30. The van der Waals surface area contributed by atoms with Gasteiger partial charge in [0.05, 0.1) is 0 Å². The molecule has 1 aromatic heterocycles. The molecule has 1 aliphatic rings. The van der Waals surface area contributed by atoms with Crippen molar-refractivity contribution in [3.8, 4) is 5.75 Å². The number of benzene rings is 1. The van der Waals surface area contributed by atoms with Gasteiger partial charge in [0.2, 0.25) is 0 Å². The molecule has 1 unspecified atom stereocenters. The van der Waals surface area contributed by atoms with Gasteiger partial charge in [-0.3, -0.25) is 4.90 Å². The number of hydrogen-bond donors (Lipinski definition) is 0. The van der Waals surface area contributed by atoms with Crippen LogP contribution in [0.2, 0.25) is 0 Å². The highest BCUT2D eigenvalue weighted by molar-refractivity contribution is 5.88. The van der Waals surface area contributed by atoms with E-state index in [0.29, 0.717) is 36.3 Å². The average molecular weight is 387 g/mol. The molecule has 28 heavy (non-hydrogen) atoms. The summed E-state index contributed by atoms with van der Waals surface area (Å²) >= 11 is 0. The van der Waals surface area contributed by atoms with E-state index in [-0.39, 0.29) is 0 Å². The third kappa shape index (κ3) is 4.03. The molecule has 0 radical (unpaired) electrons. The highest BCUT2D eigenvalue weighted by atomic mass is 16.6. The van der Waals surface area contributed by atoms with Gasteiger partial charge in [-0.15, -0.1) is 0 Å². The maximum absolute atomic E-state index is 12.8. The fraction of sp³-hybridized carbons (Fsp3) is 0.476. The molecule has 1 fully saturated rings. The van der Waals surface area contributed by atoms with Crippen LogP contribution in [-0.2, 0) is 9.53 Å². The predicted molar refractivity (Wildman–Crippen MR) is 104 cm³/mol. The first-order chi connectivity index (χ1) is 13.1. The summed E-state index contributed by atoms with van der Waals surface area (Å²) in [7, 11) is 0. The number of carbonyl (C=O) groups excluding carboxylic acids is 2. The molecular formula is C21H25NO6. The summed E-state index contributed by atoms with van der Waals surface area (Å²) in [6.45, 7) is 9.34. The summed E-state index contributed by atoms with van der Waals surface area (Å²) in [4.78, 5) is 38.3. The van der Waals surface area contributed by atoms with Crippen LogP contribution in [0.15, 0.2) is 27.4 Å². The van der Waals surface area contributed by atoms with E-state index in [4.69, 9.17) is 13.9 Å². The summed E-state index contributed by atoms with van der Waals surface area (Å²) in [5.41, 5.74) is 0.653. The summed E-state index contributed by atoms with van der Waals surface area (Å²) < 4.78 is 16.3. The Hall–Kier alpha value is -2.83. The van der Waals surface area contributed by atoms with E-state index < -0.39 is 29.3 Å². The van der Waals surface area contributed by atoms with E-state index in [1.807, 2.05) is 6.92 Å². The molecule has 3 rings (SSSR count). The van der Waals surface area contributed by atoms with Gasteiger partial charge in [0, 0.05) is 23.6 Å². The zero-order valence-electron chi connectivity index (χ0n) is 16.8. The molecule has 0 N–H and O–H groups in total. The van der Waals surface area contributed by atoms with Crippen molar-refractivity contribution in [3.05, 3.63) is 39.7 Å². The maximum atomic E-state index is 12.8. The van der Waals surface area contributed by atoms with Gasteiger partial charge in [-0.1, -0.05) is 0 Å². The molecule has 1 aromatic carbocycles. The van der Waals surface area contributed by atoms with Crippen LogP contribution in [0.25, 0.3) is 11.0 Å². The number of esters is 1. The second-order valence-electron chi connectivity index (χ2n) is 8.07. The van der Waals surface area contributed by atoms with Crippen molar-refractivity contribution in [3.63, 3.8) is 0 Å². The van der Waals surface area contributed by atoms with Crippen LogP contribution < -0.4 is 10.4 Å². The monoisotopic (exact) mass is 387 g/mol. The Morgan fingerprint density at radius 2 is 1.93 bits per heavy atom. The molecule has 2 aromatic rings. The molecule has 1 saturated heterocycles. The number of likely N-dealkylation sites (tertiary alicyclic amines) is 1. The minimum absolute atomic E-state index is 0.308. The summed E-state index contributed by atoms with van der Waals surface area (Å²) in [6.07, 6.45) is 0.687. The van der Waals surface area contributed by atoms with Crippen molar-refractivity contribution in [1.82, 2.24) is 4.90 Å². The Balaban J connectivity index is 1.83. The molecule has 0 spiro atoms. The van der Waals surface area contributed by atoms with Gasteiger partial charge in [-0.05, 0) is 65.2 Å². The molecular weight excluding hydrogens is 362 g/mol. The Morgan fingerprint density at radius 3 is 2.61 bits per heavy atom. The Morgan fingerprint density at radius 1 is 1.21 bits per heavy atom. The lowest BCUT2D eigenvalue weighted by Crippen LogP contribution is -2.44. The third-order valence-electron chi connectivity index (χ3n) is 4.68. The van der Waals surface area contributed by atoms with Crippen LogP contribution >= 0.6 is 0 Å². The van der Waals surface area contributed by atoms with Gasteiger partial charge < -0.3 is 13.9 Å². The fourth-order valence-corrected chi connectivity index (χ4v) is 3.34. The predicted octanol–water partition coefficient (Wildman–Crippen LogP) is 3.71. The molecule has 0 saturated carbocycles. The molecule has 1 atom stereocenters. The van der Waals surface area contributed by atoms with Crippen LogP contribution in [0.1, 0.15) is 44.7 Å². The average Bonchev–Trinajstić information content (AvgIpc) is 3.06. The quantitative estimate of drug-likeness (QED) is 0.444. The van der Waals surface area contributed by atoms with E-state index >= 15 is 0 Å². The Bertz CT molecular complexity index is 985. The standard InChI is InChI=1S/C21H25NO6/c1-12-11-17(23)27-18-13(2)16(9-8-14(12)18)26-19(24)15-7-6-10-22(15)20(25)28-21(3,4)5/h8-9,11,15H,6-7,10H2,1-5H3. The molecule has 1 aliphatic heterocycles. The zero-order chi connectivity index (χ0) is 20.6. The van der Waals surface area contributed by atoms with Crippen molar-refractivity contribution in [2.45, 2.75) is 59.1 Å². The van der Waals surface area contributed by atoms with Crippen molar-refractivity contribution in [1.29, 1.82) is 0 Å². The third-order valence-corrected chi connectivity index (χ3v) is 4.68. The van der Waals surface area contributed by atoms with Gasteiger partial charge >= 0.3 is 17.7 Å². The molecule has 7 nitrogen and oxygen atoms in total.